The minimum Gasteiger partial charge on any atom is -0.342 e. The van der Waals surface area contributed by atoms with Crippen LogP contribution in [0, 0.1) is 0 Å². The highest BCUT2D eigenvalue weighted by atomic mass is 32.2. The summed E-state index contributed by atoms with van der Waals surface area (Å²) in [4.78, 5) is 13.8. The van der Waals surface area contributed by atoms with E-state index in [2.05, 4.69) is 0 Å². The van der Waals surface area contributed by atoms with E-state index in [1.54, 1.807) is 11.8 Å². The van der Waals surface area contributed by atoms with Gasteiger partial charge in [0.2, 0.25) is 5.91 Å². The first-order valence-corrected chi connectivity index (χ1v) is 7.05. The number of nitrogens with zero attached hydrogens (tertiary/aromatic N) is 1. The molecule has 1 aliphatic heterocycles. The highest BCUT2D eigenvalue weighted by Gasteiger charge is 2.13. The lowest BCUT2D eigenvalue weighted by Gasteiger charge is -2.24. The summed E-state index contributed by atoms with van der Waals surface area (Å²) in [6.07, 6.45) is 6.24. The Balaban J connectivity index is 2.22. The van der Waals surface area contributed by atoms with Gasteiger partial charge in [-0.05, 0) is 12.8 Å². The zero-order valence-corrected chi connectivity index (χ0v) is 10.2. The van der Waals surface area contributed by atoms with Gasteiger partial charge in [-0.15, -0.1) is 0 Å². The van der Waals surface area contributed by atoms with Crippen molar-refractivity contribution in [2.75, 3.05) is 31.1 Å². The molecule has 0 spiro atoms. The van der Waals surface area contributed by atoms with E-state index < -0.39 is 0 Å². The molecule has 0 aromatic carbocycles. The van der Waals surface area contributed by atoms with Crippen molar-refractivity contribution in [2.24, 2.45) is 5.73 Å². The van der Waals surface area contributed by atoms with Crippen molar-refractivity contribution in [3.8, 4) is 0 Å². The van der Waals surface area contributed by atoms with Crippen LogP contribution in [0.15, 0.2) is 0 Å². The van der Waals surface area contributed by atoms with Crippen molar-refractivity contribution in [3.63, 3.8) is 0 Å². The second-order valence-electron chi connectivity index (χ2n) is 3.99. The molecule has 1 saturated heterocycles. The molecule has 88 valence electrons. The largest absolute Gasteiger partial charge is 0.342 e. The smallest absolute Gasteiger partial charge is 0.232 e. The Morgan fingerprint density at radius 2 is 1.73 bits per heavy atom. The van der Waals surface area contributed by atoms with Gasteiger partial charge in [-0.2, -0.15) is 11.8 Å². The third-order valence-electron chi connectivity index (χ3n) is 2.70. The molecule has 4 heteroatoms. The molecule has 0 radical (unpaired) electrons. The zero-order valence-electron chi connectivity index (χ0n) is 9.41. The molecule has 2 N–H and O–H groups in total. The number of hydrogen-bond donors (Lipinski definition) is 1. The number of hydrogen-bond acceptors (Lipinski definition) is 3. The van der Waals surface area contributed by atoms with Crippen LogP contribution in [0.25, 0.3) is 0 Å². The van der Waals surface area contributed by atoms with Gasteiger partial charge in [0.05, 0.1) is 5.75 Å². The predicted octanol–water partition coefficient (Wildman–Crippen LogP) is 1.47. The van der Waals surface area contributed by atoms with Crippen LogP contribution in [0.1, 0.15) is 32.1 Å². The second kappa shape index (κ2) is 7.99. The maximum Gasteiger partial charge on any atom is 0.232 e. The van der Waals surface area contributed by atoms with Gasteiger partial charge in [0.15, 0.2) is 0 Å². The number of thioether (sulfide) groups is 1. The van der Waals surface area contributed by atoms with Gasteiger partial charge in [0.25, 0.3) is 0 Å². The topological polar surface area (TPSA) is 46.3 Å². The Labute approximate surface area is 96.8 Å². The molecule has 1 fully saturated rings. The minimum absolute atomic E-state index is 0.301. The number of carbonyl (C=O) groups is 1. The zero-order chi connectivity index (χ0) is 10.9. The van der Waals surface area contributed by atoms with Crippen molar-refractivity contribution in [2.45, 2.75) is 32.1 Å². The van der Waals surface area contributed by atoms with Crippen LogP contribution in [0.3, 0.4) is 0 Å². The number of likely N-dealkylation sites (tertiary alicyclic amines) is 1. The van der Waals surface area contributed by atoms with Crippen LogP contribution in [0.4, 0.5) is 0 Å². The van der Waals surface area contributed by atoms with Crippen LogP contribution in [-0.4, -0.2) is 41.9 Å². The molecule has 0 aliphatic carbocycles. The molecule has 0 aromatic heterocycles. The number of rotatable bonds is 4. The second-order valence-corrected chi connectivity index (χ2v) is 5.09. The summed E-state index contributed by atoms with van der Waals surface area (Å²) in [7, 11) is 0. The fraction of sp³-hybridized carbons (Fsp3) is 0.909. The Morgan fingerprint density at radius 3 is 2.33 bits per heavy atom. The molecule has 0 unspecified atom stereocenters. The molecular weight excluding hydrogens is 208 g/mol. The van der Waals surface area contributed by atoms with E-state index in [9.17, 15) is 4.79 Å². The van der Waals surface area contributed by atoms with Gasteiger partial charge in [-0.3, -0.25) is 4.79 Å². The fourth-order valence-corrected chi connectivity index (χ4v) is 2.50. The van der Waals surface area contributed by atoms with Gasteiger partial charge < -0.3 is 10.6 Å². The van der Waals surface area contributed by atoms with Crippen LogP contribution in [0.5, 0.6) is 0 Å². The van der Waals surface area contributed by atoms with Gasteiger partial charge in [0, 0.05) is 25.4 Å². The van der Waals surface area contributed by atoms with Crippen molar-refractivity contribution in [3.05, 3.63) is 0 Å². The monoisotopic (exact) mass is 230 g/mol. The van der Waals surface area contributed by atoms with Crippen LogP contribution in [-0.2, 0) is 4.79 Å². The third-order valence-corrected chi connectivity index (χ3v) is 3.67. The number of carbonyl (C=O) groups excluding carboxylic acids is 1. The summed E-state index contributed by atoms with van der Waals surface area (Å²) in [5, 5.41) is 0. The normalized spacial score (nSPS) is 18.3. The SMILES string of the molecule is NCCSCC(=O)N1CCCCCCC1. The Kier molecular flexibility index (Phi) is 6.85. The molecule has 1 rings (SSSR count). The van der Waals surface area contributed by atoms with E-state index in [1.807, 2.05) is 4.90 Å². The lowest BCUT2D eigenvalue weighted by Crippen LogP contribution is -2.35. The number of nitrogens with two attached hydrogens (primary N) is 1. The van der Waals surface area contributed by atoms with E-state index in [1.165, 1.54) is 32.1 Å². The molecular formula is C11H22N2OS. The molecule has 1 amide bonds. The molecule has 0 saturated carbocycles. The molecule has 0 bridgehead atoms. The maximum atomic E-state index is 11.8. The third kappa shape index (κ3) is 5.42. The Morgan fingerprint density at radius 1 is 1.13 bits per heavy atom. The van der Waals surface area contributed by atoms with E-state index in [0.29, 0.717) is 18.2 Å². The van der Waals surface area contributed by atoms with Crippen molar-refractivity contribution >= 4 is 17.7 Å². The summed E-state index contributed by atoms with van der Waals surface area (Å²) < 4.78 is 0. The summed E-state index contributed by atoms with van der Waals surface area (Å²) in [6, 6.07) is 0. The van der Waals surface area contributed by atoms with Crippen molar-refractivity contribution in [1.82, 2.24) is 4.90 Å². The highest BCUT2D eigenvalue weighted by molar-refractivity contribution is 7.99. The van der Waals surface area contributed by atoms with Gasteiger partial charge >= 0.3 is 0 Å². The fourth-order valence-electron chi connectivity index (χ4n) is 1.83. The van der Waals surface area contributed by atoms with E-state index in [4.69, 9.17) is 5.73 Å². The van der Waals surface area contributed by atoms with Crippen LogP contribution >= 0.6 is 11.8 Å². The Hall–Kier alpha value is -0.220. The molecule has 15 heavy (non-hydrogen) atoms. The lowest BCUT2D eigenvalue weighted by atomic mass is 10.1. The van der Waals surface area contributed by atoms with Gasteiger partial charge in [-0.25, -0.2) is 0 Å². The van der Waals surface area contributed by atoms with E-state index in [-0.39, 0.29) is 0 Å². The summed E-state index contributed by atoms with van der Waals surface area (Å²) in [5.41, 5.74) is 5.39. The average Bonchev–Trinajstić information content (AvgIpc) is 2.17. The minimum atomic E-state index is 0.301. The summed E-state index contributed by atoms with van der Waals surface area (Å²) in [6.45, 7) is 2.59. The van der Waals surface area contributed by atoms with Crippen molar-refractivity contribution in [1.29, 1.82) is 0 Å². The predicted molar refractivity (Wildman–Crippen MR) is 66.0 cm³/mol. The summed E-state index contributed by atoms with van der Waals surface area (Å²) >= 11 is 1.65. The molecule has 0 atom stereocenters. The molecule has 1 heterocycles. The molecule has 3 nitrogen and oxygen atoms in total. The quantitative estimate of drug-likeness (QED) is 0.744. The van der Waals surface area contributed by atoms with E-state index in [0.717, 1.165) is 18.8 Å². The van der Waals surface area contributed by atoms with Crippen LogP contribution < -0.4 is 5.73 Å². The van der Waals surface area contributed by atoms with Gasteiger partial charge in [0.1, 0.15) is 0 Å². The first-order valence-electron chi connectivity index (χ1n) is 5.90. The first-order chi connectivity index (χ1) is 7.34. The van der Waals surface area contributed by atoms with Crippen LogP contribution in [0.2, 0.25) is 0 Å². The van der Waals surface area contributed by atoms with E-state index >= 15 is 0 Å². The average molecular weight is 230 g/mol. The molecule has 1 aliphatic rings. The standard InChI is InChI=1S/C11H22N2OS/c12-6-9-15-10-11(14)13-7-4-2-1-3-5-8-13/h1-10,12H2. The van der Waals surface area contributed by atoms with Gasteiger partial charge in [-0.1, -0.05) is 19.3 Å². The van der Waals surface area contributed by atoms with Crippen molar-refractivity contribution < 1.29 is 4.79 Å². The Bertz CT molecular complexity index is 179. The highest BCUT2D eigenvalue weighted by Crippen LogP contribution is 2.11. The maximum absolute atomic E-state index is 11.8. The lowest BCUT2D eigenvalue weighted by molar-refractivity contribution is -0.128. The molecule has 0 aromatic rings. The first kappa shape index (κ1) is 12.8. The summed E-state index contributed by atoms with van der Waals surface area (Å²) in [5.74, 6) is 1.80. The number of amides is 1.